The predicted molar refractivity (Wildman–Crippen MR) is 99.6 cm³/mol. The number of halogens is 2. The molecule has 0 aliphatic carbocycles. The van der Waals surface area contributed by atoms with Crippen molar-refractivity contribution in [3.63, 3.8) is 0 Å². The van der Waals surface area contributed by atoms with E-state index in [1.165, 1.54) is 12.1 Å². The lowest BCUT2D eigenvalue weighted by atomic mass is 10.0. The first kappa shape index (κ1) is 20.9. The summed E-state index contributed by atoms with van der Waals surface area (Å²) in [6, 6.07) is 4.85. The summed E-state index contributed by atoms with van der Waals surface area (Å²) in [5.74, 6) is 0.0910. The summed E-state index contributed by atoms with van der Waals surface area (Å²) in [7, 11) is 0. The highest BCUT2D eigenvalue weighted by Crippen LogP contribution is 2.24. The Balaban J connectivity index is 0.00000288. The fourth-order valence-electron chi connectivity index (χ4n) is 2.93. The van der Waals surface area contributed by atoms with Crippen LogP contribution in [-0.2, 0) is 11.2 Å². The van der Waals surface area contributed by atoms with Gasteiger partial charge in [0.2, 0.25) is 5.91 Å². The minimum Gasteiger partial charge on any atom is -0.339 e. The standard InChI is InChI=1S/C16H22BrN3O3.ClH/c1-2-9-19(13-5-7-18-8-6-13)16(21)10-12-3-4-14(20(22)23)11-15(12)17;/h3-4,11,13,18H,2,5-10H2,1H3;1H. The largest absolute Gasteiger partial charge is 0.339 e. The van der Waals surface area contributed by atoms with Crippen LogP contribution in [0.2, 0.25) is 0 Å². The molecular formula is C16H23BrClN3O3. The average Bonchev–Trinajstić information content (AvgIpc) is 2.55. The van der Waals surface area contributed by atoms with Crippen LogP contribution in [0.3, 0.4) is 0 Å². The summed E-state index contributed by atoms with van der Waals surface area (Å²) in [5, 5.41) is 14.1. The molecule has 1 amide bonds. The van der Waals surface area contributed by atoms with E-state index in [1.807, 2.05) is 4.90 Å². The normalized spacial score (nSPS) is 14.8. The fourth-order valence-corrected chi connectivity index (χ4v) is 3.43. The number of hydrogen-bond acceptors (Lipinski definition) is 4. The Kier molecular flexibility index (Phi) is 8.66. The summed E-state index contributed by atoms with van der Waals surface area (Å²) < 4.78 is 0.613. The van der Waals surface area contributed by atoms with Crippen LogP contribution in [0.1, 0.15) is 31.7 Å². The molecule has 1 heterocycles. The Bertz CT molecular complexity index is 580. The third-order valence-corrected chi connectivity index (χ3v) is 4.86. The molecular weight excluding hydrogens is 398 g/mol. The van der Waals surface area contributed by atoms with Crippen molar-refractivity contribution in [2.75, 3.05) is 19.6 Å². The number of rotatable bonds is 6. The zero-order valence-corrected chi connectivity index (χ0v) is 16.1. The number of carbonyl (C=O) groups is 1. The monoisotopic (exact) mass is 419 g/mol. The average molecular weight is 421 g/mol. The van der Waals surface area contributed by atoms with Gasteiger partial charge in [0.15, 0.2) is 0 Å². The minimum absolute atomic E-state index is 0. The molecule has 2 rings (SSSR count). The molecule has 0 saturated carbocycles. The maximum absolute atomic E-state index is 12.7. The summed E-state index contributed by atoms with van der Waals surface area (Å²) in [4.78, 5) is 25.1. The van der Waals surface area contributed by atoms with E-state index in [-0.39, 0.29) is 30.4 Å². The maximum atomic E-state index is 12.7. The molecule has 0 aromatic heterocycles. The number of hydrogen-bond donors (Lipinski definition) is 1. The van der Waals surface area contributed by atoms with E-state index in [0.717, 1.165) is 44.5 Å². The Morgan fingerprint density at radius 1 is 1.42 bits per heavy atom. The van der Waals surface area contributed by atoms with Crippen molar-refractivity contribution in [1.82, 2.24) is 10.2 Å². The van der Waals surface area contributed by atoms with Gasteiger partial charge in [-0.05, 0) is 37.9 Å². The van der Waals surface area contributed by atoms with Crippen LogP contribution >= 0.6 is 28.3 Å². The number of benzene rings is 1. The Morgan fingerprint density at radius 2 is 2.08 bits per heavy atom. The molecule has 1 aromatic carbocycles. The van der Waals surface area contributed by atoms with Gasteiger partial charge < -0.3 is 10.2 Å². The van der Waals surface area contributed by atoms with Gasteiger partial charge in [-0.2, -0.15) is 0 Å². The van der Waals surface area contributed by atoms with Gasteiger partial charge in [0.05, 0.1) is 11.3 Å². The number of non-ortho nitro benzene ring substituents is 1. The molecule has 1 N–H and O–H groups in total. The van der Waals surface area contributed by atoms with Gasteiger partial charge in [-0.1, -0.05) is 28.9 Å². The summed E-state index contributed by atoms with van der Waals surface area (Å²) >= 11 is 3.34. The van der Waals surface area contributed by atoms with E-state index in [9.17, 15) is 14.9 Å². The summed E-state index contributed by atoms with van der Waals surface area (Å²) in [6.07, 6.45) is 3.15. The molecule has 0 atom stereocenters. The molecule has 0 radical (unpaired) electrons. The van der Waals surface area contributed by atoms with Crippen molar-refractivity contribution in [1.29, 1.82) is 0 Å². The number of nitro benzene ring substituents is 1. The smallest absolute Gasteiger partial charge is 0.270 e. The van der Waals surface area contributed by atoms with Gasteiger partial charge in [-0.3, -0.25) is 14.9 Å². The number of nitrogens with zero attached hydrogens (tertiary/aromatic N) is 2. The number of piperidine rings is 1. The molecule has 1 aliphatic rings. The Hall–Kier alpha value is -1.18. The van der Waals surface area contributed by atoms with Crippen molar-refractivity contribution in [2.45, 2.75) is 38.6 Å². The van der Waals surface area contributed by atoms with E-state index >= 15 is 0 Å². The third kappa shape index (κ3) is 5.43. The molecule has 1 aromatic rings. The first-order valence-corrected chi connectivity index (χ1v) is 8.75. The topological polar surface area (TPSA) is 75.5 Å². The third-order valence-electron chi connectivity index (χ3n) is 4.12. The fraction of sp³-hybridized carbons (Fsp3) is 0.562. The predicted octanol–water partition coefficient (Wildman–Crippen LogP) is 3.31. The summed E-state index contributed by atoms with van der Waals surface area (Å²) in [6.45, 7) is 4.72. The quantitative estimate of drug-likeness (QED) is 0.566. The molecule has 1 fully saturated rings. The molecule has 0 bridgehead atoms. The van der Waals surface area contributed by atoms with Gasteiger partial charge in [0.25, 0.3) is 5.69 Å². The molecule has 0 spiro atoms. The number of nitrogens with one attached hydrogen (secondary N) is 1. The van der Waals surface area contributed by atoms with Gasteiger partial charge in [-0.15, -0.1) is 12.4 Å². The van der Waals surface area contributed by atoms with Crippen LogP contribution in [-0.4, -0.2) is 41.4 Å². The number of nitro groups is 1. The second kappa shape index (κ2) is 9.96. The van der Waals surface area contributed by atoms with Crippen LogP contribution in [0.4, 0.5) is 5.69 Å². The van der Waals surface area contributed by atoms with E-state index in [2.05, 4.69) is 28.2 Å². The van der Waals surface area contributed by atoms with Gasteiger partial charge in [0.1, 0.15) is 0 Å². The summed E-state index contributed by atoms with van der Waals surface area (Å²) in [5.41, 5.74) is 0.812. The van der Waals surface area contributed by atoms with Crippen molar-refractivity contribution in [2.24, 2.45) is 0 Å². The zero-order chi connectivity index (χ0) is 16.8. The van der Waals surface area contributed by atoms with Crippen LogP contribution < -0.4 is 5.32 Å². The second-order valence-corrected chi connectivity index (χ2v) is 6.63. The minimum atomic E-state index is -0.436. The molecule has 1 aliphatic heterocycles. The number of carbonyl (C=O) groups excluding carboxylic acids is 1. The highest BCUT2D eigenvalue weighted by molar-refractivity contribution is 9.10. The van der Waals surface area contributed by atoms with Gasteiger partial charge >= 0.3 is 0 Å². The zero-order valence-electron chi connectivity index (χ0n) is 13.7. The molecule has 24 heavy (non-hydrogen) atoms. The van der Waals surface area contributed by atoms with Gasteiger partial charge in [-0.25, -0.2) is 0 Å². The number of amides is 1. The van der Waals surface area contributed by atoms with Crippen LogP contribution in [0.15, 0.2) is 22.7 Å². The first-order chi connectivity index (χ1) is 11.0. The SMILES string of the molecule is CCCN(C(=O)Cc1ccc([N+](=O)[O-])cc1Br)C1CCNCC1.Cl. The Labute approximate surface area is 156 Å². The highest BCUT2D eigenvalue weighted by atomic mass is 79.9. The van der Waals surface area contributed by atoms with Crippen molar-refractivity contribution in [3.05, 3.63) is 38.3 Å². The maximum Gasteiger partial charge on any atom is 0.270 e. The van der Waals surface area contributed by atoms with E-state index < -0.39 is 4.92 Å². The lowest BCUT2D eigenvalue weighted by Gasteiger charge is -2.34. The lowest BCUT2D eigenvalue weighted by Crippen LogP contribution is -2.47. The molecule has 1 saturated heterocycles. The van der Waals surface area contributed by atoms with Crippen LogP contribution in [0.25, 0.3) is 0 Å². The Morgan fingerprint density at radius 3 is 2.62 bits per heavy atom. The van der Waals surface area contributed by atoms with E-state index in [1.54, 1.807) is 6.07 Å². The van der Waals surface area contributed by atoms with Crippen molar-refractivity contribution < 1.29 is 9.72 Å². The van der Waals surface area contributed by atoms with Crippen molar-refractivity contribution in [3.8, 4) is 0 Å². The van der Waals surface area contributed by atoms with Crippen LogP contribution in [0, 0.1) is 10.1 Å². The van der Waals surface area contributed by atoms with E-state index in [4.69, 9.17) is 0 Å². The molecule has 0 unspecified atom stereocenters. The first-order valence-electron chi connectivity index (χ1n) is 7.96. The van der Waals surface area contributed by atoms with Gasteiger partial charge in [0, 0.05) is 29.2 Å². The molecule has 6 nitrogen and oxygen atoms in total. The lowest BCUT2D eigenvalue weighted by molar-refractivity contribution is -0.384. The van der Waals surface area contributed by atoms with Crippen molar-refractivity contribution >= 4 is 39.9 Å². The van der Waals surface area contributed by atoms with Crippen LogP contribution in [0.5, 0.6) is 0 Å². The molecule has 134 valence electrons. The second-order valence-electron chi connectivity index (χ2n) is 5.78. The highest BCUT2D eigenvalue weighted by Gasteiger charge is 2.25. The van der Waals surface area contributed by atoms with E-state index in [0.29, 0.717) is 10.5 Å². The molecule has 8 heteroatoms.